The first-order chi connectivity index (χ1) is 10.8. The van der Waals surface area contributed by atoms with Crippen LogP contribution in [0.15, 0.2) is 28.7 Å². The second-order valence-electron chi connectivity index (χ2n) is 7.73. The van der Waals surface area contributed by atoms with Crippen molar-refractivity contribution in [3.05, 3.63) is 34.3 Å². The van der Waals surface area contributed by atoms with Crippen molar-refractivity contribution in [1.29, 1.82) is 0 Å². The summed E-state index contributed by atoms with van der Waals surface area (Å²) >= 11 is 3.55. The maximum Gasteiger partial charge on any atom is 0.0175 e. The van der Waals surface area contributed by atoms with Gasteiger partial charge in [-0.2, -0.15) is 0 Å². The summed E-state index contributed by atoms with van der Waals surface area (Å²) in [6.07, 6.45) is 14.7. The molecule has 1 aromatic rings. The first-order valence-corrected chi connectivity index (χ1v) is 10.3. The molecule has 0 bridgehead atoms. The number of rotatable bonds is 4. The van der Waals surface area contributed by atoms with E-state index >= 15 is 0 Å². The van der Waals surface area contributed by atoms with E-state index in [-0.39, 0.29) is 0 Å². The third-order valence-electron chi connectivity index (χ3n) is 6.37. The first kappa shape index (κ1) is 16.6. The molecule has 0 aromatic heterocycles. The molecule has 0 unspecified atom stereocenters. The van der Waals surface area contributed by atoms with Crippen LogP contribution in [0.3, 0.4) is 0 Å². The van der Waals surface area contributed by atoms with Crippen molar-refractivity contribution in [3.8, 4) is 0 Å². The minimum Gasteiger partial charge on any atom is -0.0654 e. The second-order valence-corrected chi connectivity index (χ2v) is 8.65. The van der Waals surface area contributed by atoms with Crippen molar-refractivity contribution in [2.75, 3.05) is 0 Å². The lowest BCUT2D eigenvalue weighted by atomic mass is 9.68. The molecule has 0 saturated heterocycles. The molecule has 2 fully saturated rings. The highest BCUT2D eigenvalue weighted by Crippen LogP contribution is 2.44. The fourth-order valence-corrected chi connectivity index (χ4v) is 5.28. The van der Waals surface area contributed by atoms with Gasteiger partial charge in [-0.15, -0.1) is 0 Å². The van der Waals surface area contributed by atoms with Crippen LogP contribution in [0, 0.1) is 17.8 Å². The van der Waals surface area contributed by atoms with Crippen molar-refractivity contribution in [2.24, 2.45) is 17.8 Å². The van der Waals surface area contributed by atoms with Crippen LogP contribution in [-0.2, 0) is 0 Å². The minimum absolute atomic E-state index is 0.820. The number of hydrogen-bond acceptors (Lipinski definition) is 0. The lowest BCUT2D eigenvalue weighted by Crippen LogP contribution is -2.25. The molecule has 122 valence electrons. The zero-order valence-electron chi connectivity index (χ0n) is 14.1. The zero-order chi connectivity index (χ0) is 15.4. The Balaban J connectivity index is 1.47. The van der Waals surface area contributed by atoms with Crippen LogP contribution in [0.4, 0.5) is 0 Å². The summed E-state index contributed by atoms with van der Waals surface area (Å²) in [7, 11) is 0. The van der Waals surface area contributed by atoms with Crippen LogP contribution in [0.25, 0.3) is 0 Å². The molecule has 1 heteroatoms. The van der Waals surface area contributed by atoms with Crippen LogP contribution >= 0.6 is 15.9 Å². The molecule has 22 heavy (non-hydrogen) atoms. The van der Waals surface area contributed by atoms with Crippen LogP contribution in [-0.4, -0.2) is 0 Å². The van der Waals surface area contributed by atoms with Gasteiger partial charge in [-0.3, -0.25) is 0 Å². The molecule has 2 aliphatic rings. The second kappa shape index (κ2) is 7.99. The lowest BCUT2D eigenvalue weighted by molar-refractivity contribution is 0.156. The predicted molar refractivity (Wildman–Crippen MR) is 99.2 cm³/mol. The van der Waals surface area contributed by atoms with Gasteiger partial charge in [0, 0.05) is 4.47 Å². The van der Waals surface area contributed by atoms with E-state index < -0.39 is 0 Å². The molecule has 0 spiro atoms. The third-order valence-corrected chi connectivity index (χ3v) is 6.90. The smallest absolute Gasteiger partial charge is 0.0175 e. The minimum atomic E-state index is 0.820. The molecule has 3 rings (SSSR count). The van der Waals surface area contributed by atoms with Gasteiger partial charge in [0.15, 0.2) is 0 Å². The lowest BCUT2D eigenvalue weighted by Gasteiger charge is -2.38. The Morgan fingerprint density at radius 1 is 0.818 bits per heavy atom. The third kappa shape index (κ3) is 4.16. The van der Waals surface area contributed by atoms with Crippen molar-refractivity contribution in [3.63, 3.8) is 0 Å². The van der Waals surface area contributed by atoms with Crippen LogP contribution in [0.5, 0.6) is 0 Å². The van der Waals surface area contributed by atoms with Crippen LogP contribution < -0.4 is 0 Å². The monoisotopic (exact) mass is 362 g/mol. The van der Waals surface area contributed by atoms with Crippen LogP contribution in [0.2, 0.25) is 0 Å². The van der Waals surface area contributed by atoms with E-state index in [1.54, 1.807) is 5.56 Å². The molecule has 0 atom stereocenters. The molecular formula is C21H31Br. The van der Waals surface area contributed by atoms with E-state index in [0.717, 1.165) is 23.7 Å². The summed E-state index contributed by atoms with van der Waals surface area (Å²) in [5.74, 6) is 3.97. The number of benzene rings is 1. The average molecular weight is 363 g/mol. The van der Waals surface area contributed by atoms with Gasteiger partial charge in [0.1, 0.15) is 0 Å². The number of halogens is 1. The van der Waals surface area contributed by atoms with Crippen molar-refractivity contribution in [1.82, 2.24) is 0 Å². The Hall–Kier alpha value is -0.300. The summed E-state index contributed by atoms with van der Waals surface area (Å²) < 4.78 is 1.20. The summed E-state index contributed by atoms with van der Waals surface area (Å²) in [5, 5.41) is 0. The van der Waals surface area contributed by atoms with Gasteiger partial charge < -0.3 is 0 Å². The molecule has 0 N–H and O–H groups in total. The maximum atomic E-state index is 3.55. The normalized spacial score (nSPS) is 32.8. The Morgan fingerprint density at radius 2 is 1.36 bits per heavy atom. The zero-order valence-corrected chi connectivity index (χ0v) is 15.7. The Labute approximate surface area is 145 Å². The predicted octanol–water partition coefficient (Wildman–Crippen LogP) is 7.33. The molecule has 1 aromatic carbocycles. The van der Waals surface area contributed by atoms with E-state index in [1.165, 1.54) is 68.7 Å². The van der Waals surface area contributed by atoms with E-state index in [1.807, 2.05) is 0 Å². The molecule has 0 radical (unpaired) electrons. The highest BCUT2D eigenvalue weighted by atomic mass is 79.9. The highest BCUT2D eigenvalue weighted by molar-refractivity contribution is 9.10. The fraction of sp³-hybridized carbons (Fsp3) is 0.714. The van der Waals surface area contributed by atoms with Crippen molar-refractivity contribution in [2.45, 2.75) is 77.0 Å². The van der Waals surface area contributed by atoms with Gasteiger partial charge in [-0.1, -0.05) is 60.7 Å². The number of hydrogen-bond donors (Lipinski definition) is 0. The molecule has 0 nitrogen and oxygen atoms in total. The van der Waals surface area contributed by atoms with Gasteiger partial charge in [0.25, 0.3) is 0 Å². The van der Waals surface area contributed by atoms with Gasteiger partial charge in [0.2, 0.25) is 0 Å². The Morgan fingerprint density at radius 3 is 1.91 bits per heavy atom. The topological polar surface area (TPSA) is 0 Å². The van der Waals surface area contributed by atoms with Gasteiger partial charge in [-0.25, -0.2) is 0 Å². The Kier molecular flexibility index (Phi) is 6.02. The molecule has 0 amide bonds. The summed E-state index contributed by atoms with van der Waals surface area (Å²) in [5.41, 5.74) is 1.56. The SMILES string of the molecule is CCCC1CCC(C2CCC(c3ccc(Br)cc3)CC2)CC1. The van der Waals surface area contributed by atoms with Gasteiger partial charge in [0.05, 0.1) is 0 Å². The molecule has 0 aliphatic heterocycles. The summed E-state index contributed by atoms with van der Waals surface area (Å²) in [6, 6.07) is 9.06. The summed E-state index contributed by atoms with van der Waals surface area (Å²) in [4.78, 5) is 0. The van der Waals surface area contributed by atoms with Gasteiger partial charge >= 0.3 is 0 Å². The Bertz CT molecular complexity index is 433. The van der Waals surface area contributed by atoms with E-state index in [9.17, 15) is 0 Å². The van der Waals surface area contributed by atoms with Crippen molar-refractivity contribution < 1.29 is 0 Å². The van der Waals surface area contributed by atoms with E-state index in [4.69, 9.17) is 0 Å². The van der Waals surface area contributed by atoms with E-state index in [0.29, 0.717) is 0 Å². The van der Waals surface area contributed by atoms with E-state index in [2.05, 4.69) is 47.1 Å². The maximum absolute atomic E-state index is 3.55. The van der Waals surface area contributed by atoms with Crippen LogP contribution in [0.1, 0.15) is 82.6 Å². The highest BCUT2D eigenvalue weighted by Gasteiger charge is 2.30. The molecule has 2 saturated carbocycles. The standard InChI is InChI=1S/C21H31Br/c1-2-3-16-4-6-17(7-5-16)18-8-10-19(11-9-18)20-12-14-21(22)15-13-20/h12-19H,2-11H2,1H3. The molecular weight excluding hydrogens is 332 g/mol. The first-order valence-electron chi connectivity index (χ1n) is 9.51. The summed E-state index contributed by atoms with van der Waals surface area (Å²) in [6.45, 7) is 2.34. The van der Waals surface area contributed by atoms with Crippen molar-refractivity contribution >= 4 is 15.9 Å². The molecule has 0 heterocycles. The van der Waals surface area contributed by atoms with Gasteiger partial charge in [-0.05, 0) is 79.9 Å². The average Bonchev–Trinajstić information content (AvgIpc) is 2.57. The molecule has 2 aliphatic carbocycles. The quantitative estimate of drug-likeness (QED) is 0.525. The fourth-order valence-electron chi connectivity index (χ4n) is 5.02. The largest absolute Gasteiger partial charge is 0.0654 e.